The van der Waals surface area contributed by atoms with E-state index in [-0.39, 0.29) is 16.7 Å². The van der Waals surface area contributed by atoms with Crippen LogP contribution in [0.1, 0.15) is 47.8 Å². The minimum absolute atomic E-state index is 0.0609. The van der Waals surface area contributed by atoms with Crippen molar-refractivity contribution in [3.8, 4) is 6.07 Å². The summed E-state index contributed by atoms with van der Waals surface area (Å²) in [7, 11) is -3.65. The lowest BCUT2D eigenvalue weighted by Gasteiger charge is -2.32. The van der Waals surface area contributed by atoms with Crippen molar-refractivity contribution in [2.75, 3.05) is 18.4 Å². The van der Waals surface area contributed by atoms with Crippen molar-refractivity contribution in [2.45, 2.75) is 43.9 Å². The molecular formula is C23H24N4O3S2. The van der Waals surface area contributed by atoms with Gasteiger partial charge in [-0.05, 0) is 55.7 Å². The molecule has 1 aromatic carbocycles. The van der Waals surface area contributed by atoms with Gasteiger partial charge in [-0.3, -0.25) is 4.79 Å². The lowest BCUT2D eigenvalue weighted by atomic mass is 9.88. The molecule has 1 N–H and O–H groups in total. The molecule has 0 saturated carbocycles. The highest BCUT2D eigenvalue weighted by Gasteiger charge is 2.35. The van der Waals surface area contributed by atoms with Crippen LogP contribution in [0, 0.1) is 23.2 Å². The summed E-state index contributed by atoms with van der Waals surface area (Å²) in [5.74, 6) is 0.846. The Bertz CT molecular complexity index is 1260. The Morgan fingerprint density at radius 1 is 1.25 bits per heavy atom. The van der Waals surface area contributed by atoms with Gasteiger partial charge in [0.15, 0.2) is 5.84 Å². The molecule has 9 heteroatoms. The van der Waals surface area contributed by atoms with E-state index in [1.807, 2.05) is 11.0 Å². The van der Waals surface area contributed by atoms with Crippen LogP contribution in [0.25, 0.3) is 0 Å². The molecule has 1 aromatic heterocycles. The number of piperidine rings is 1. The number of carbonyl (C=O) groups excluding carboxylic acids is 1. The summed E-state index contributed by atoms with van der Waals surface area (Å²) in [5.41, 5.74) is 2.37. The SMILES string of the molecule is C[C@H]1CCc2c(sc(NC(=O)C3CCN(C4=NS(=O)(=O)c5ccccc54)CC3)c2C#N)C1. The molecule has 0 bridgehead atoms. The van der Waals surface area contributed by atoms with Crippen molar-refractivity contribution in [2.24, 2.45) is 16.2 Å². The number of anilines is 1. The van der Waals surface area contributed by atoms with Gasteiger partial charge in [0.2, 0.25) is 5.91 Å². The van der Waals surface area contributed by atoms with Gasteiger partial charge in [-0.1, -0.05) is 19.1 Å². The highest BCUT2D eigenvalue weighted by atomic mass is 32.2. The second kappa shape index (κ2) is 8.01. The van der Waals surface area contributed by atoms with Crippen molar-refractivity contribution in [3.05, 3.63) is 45.8 Å². The number of likely N-dealkylation sites (tertiary alicyclic amines) is 1. The Morgan fingerprint density at radius 3 is 2.75 bits per heavy atom. The molecule has 5 rings (SSSR count). The normalized spacial score (nSPS) is 21.9. The fourth-order valence-electron chi connectivity index (χ4n) is 4.84. The molecule has 1 fully saturated rings. The van der Waals surface area contributed by atoms with E-state index in [1.54, 1.807) is 29.5 Å². The average molecular weight is 469 g/mol. The van der Waals surface area contributed by atoms with Gasteiger partial charge in [-0.25, -0.2) is 0 Å². The number of amides is 1. The maximum Gasteiger partial charge on any atom is 0.285 e. The van der Waals surface area contributed by atoms with Crippen LogP contribution in [0.15, 0.2) is 33.6 Å². The molecule has 166 valence electrons. The van der Waals surface area contributed by atoms with Crippen molar-refractivity contribution < 1.29 is 13.2 Å². The molecule has 2 aliphatic heterocycles. The fourth-order valence-corrected chi connectivity index (χ4v) is 7.43. The van der Waals surface area contributed by atoms with Gasteiger partial charge in [-0.2, -0.15) is 13.7 Å². The lowest BCUT2D eigenvalue weighted by Crippen LogP contribution is -2.41. The first-order chi connectivity index (χ1) is 15.4. The number of rotatable bonds is 2. The second-order valence-electron chi connectivity index (χ2n) is 8.80. The fraction of sp³-hybridized carbons (Fsp3) is 0.435. The maximum absolute atomic E-state index is 13.0. The van der Waals surface area contributed by atoms with Crippen LogP contribution in [-0.2, 0) is 27.7 Å². The van der Waals surface area contributed by atoms with Crippen molar-refractivity contribution in [1.82, 2.24) is 4.90 Å². The first kappa shape index (κ1) is 21.2. The molecule has 1 saturated heterocycles. The Morgan fingerprint density at radius 2 is 2.00 bits per heavy atom. The molecule has 32 heavy (non-hydrogen) atoms. The first-order valence-electron chi connectivity index (χ1n) is 10.9. The Hall–Kier alpha value is -2.70. The zero-order valence-corrected chi connectivity index (χ0v) is 19.4. The minimum Gasteiger partial charge on any atom is -0.355 e. The summed E-state index contributed by atoms with van der Waals surface area (Å²) in [6.45, 7) is 3.34. The standard InChI is InChI=1S/C23H24N4O3S2/c1-14-6-7-16-18(13-24)23(31-19(16)12-14)25-22(28)15-8-10-27(11-9-15)21-17-4-2-3-5-20(17)32(29,30)26-21/h2-5,14-15H,6-12H2,1H3,(H,25,28)/t14-/m0/s1. The van der Waals surface area contributed by atoms with Crippen molar-refractivity contribution >= 4 is 38.1 Å². The van der Waals surface area contributed by atoms with Crippen molar-refractivity contribution in [1.29, 1.82) is 5.26 Å². The number of sulfonamides is 1. The zero-order chi connectivity index (χ0) is 22.5. The highest BCUT2D eigenvalue weighted by Crippen LogP contribution is 2.39. The van der Waals surface area contributed by atoms with E-state index in [0.717, 1.165) is 24.8 Å². The van der Waals surface area contributed by atoms with Crippen LogP contribution in [0.4, 0.5) is 5.00 Å². The molecule has 0 unspecified atom stereocenters. The molecule has 2 aromatic rings. The monoisotopic (exact) mass is 468 g/mol. The number of hydrogen-bond donors (Lipinski definition) is 1. The van der Waals surface area contributed by atoms with E-state index < -0.39 is 10.0 Å². The first-order valence-corrected chi connectivity index (χ1v) is 13.2. The summed E-state index contributed by atoms with van der Waals surface area (Å²) < 4.78 is 28.7. The van der Waals surface area contributed by atoms with E-state index in [0.29, 0.717) is 53.8 Å². The predicted molar refractivity (Wildman–Crippen MR) is 123 cm³/mol. The van der Waals surface area contributed by atoms with Gasteiger partial charge in [0.1, 0.15) is 16.0 Å². The number of benzene rings is 1. The highest BCUT2D eigenvalue weighted by molar-refractivity contribution is 7.90. The summed E-state index contributed by atoms with van der Waals surface area (Å²) in [6.07, 6.45) is 4.16. The number of hydrogen-bond acceptors (Lipinski definition) is 6. The van der Waals surface area contributed by atoms with E-state index in [9.17, 15) is 18.5 Å². The van der Waals surface area contributed by atoms with Gasteiger partial charge in [0, 0.05) is 29.4 Å². The number of nitriles is 1. The largest absolute Gasteiger partial charge is 0.355 e. The predicted octanol–water partition coefficient (Wildman–Crippen LogP) is 3.54. The lowest BCUT2D eigenvalue weighted by molar-refractivity contribution is -0.120. The quantitative estimate of drug-likeness (QED) is 0.726. The third-order valence-electron chi connectivity index (χ3n) is 6.64. The number of nitrogens with one attached hydrogen (secondary N) is 1. The maximum atomic E-state index is 13.0. The van der Waals surface area contributed by atoms with Crippen LogP contribution in [0.3, 0.4) is 0 Å². The molecule has 3 heterocycles. The number of fused-ring (bicyclic) bond motifs is 2. The molecule has 0 spiro atoms. The molecule has 1 atom stereocenters. The third kappa shape index (κ3) is 3.61. The number of amidine groups is 1. The summed E-state index contributed by atoms with van der Waals surface area (Å²) in [5, 5.41) is 13.4. The van der Waals surface area contributed by atoms with E-state index in [1.165, 1.54) is 4.88 Å². The van der Waals surface area contributed by atoms with Gasteiger partial charge in [0.05, 0.1) is 5.56 Å². The summed E-state index contributed by atoms with van der Waals surface area (Å²) >= 11 is 1.54. The third-order valence-corrected chi connectivity index (χ3v) is 9.13. The summed E-state index contributed by atoms with van der Waals surface area (Å²) in [4.78, 5) is 16.4. The molecule has 1 amide bonds. The number of nitrogens with zero attached hydrogens (tertiary/aromatic N) is 3. The topological polar surface area (TPSA) is 103 Å². The molecule has 3 aliphatic rings. The van der Waals surface area contributed by atoms with Crippen LogP contribution in [-0.4, -0.2) is 38.2 Å². The molecule has 7 nitrogen and oxygen atoms in total. The Balaban J connectivity index is 1.27. The van der Waals surface area contributed by atoms with Gasteiger partial charge in [0.25, 0.3) is 10.0 Å². The minimum atomic E-state index is -3.65. The summed E-state index contributed by atoms with van der Waals surface area (Å²) in [6, 6.07) is 9.17. The van der Waals surface area contributed by atoms with Crippen LogP contribution >= 0.6 is 11.3 Å². The second-order valence-corrected chi connectivity index (χ2v) is 11.5. The number of carbonyl (C=O) groups is 1. The van der Waals surface area contributed by atoms with Crippen LogP contribution < -0.4 is 5.32 Å². The number of thiophene rings is 1. The zero-order valence-electron chi connectivity index (χ0n) is 17.8. The van der Waals surface area contributed by atoms with Crippen LogP contribution in [0.5, 0.6) is 0 Å². The van der Waals surface area contributed by atoms with E-state index in [2.05, 4.69) is 22.7 Å². The average Bonchev–Trinajstić information content (AvgIpc) is 3.27. The Kier molecular flexibility index (Phi) is 5.30. The van der Waals surface area contributed by atoms with E-state index in [4.69, 9.17) is 0 Å². The molecule has 0 radical (unpaired) electrons. The van der Waals surface area contributed by atoms with E-state index >= 15 is 0 Å². The van der Waals surface area contributed by atoms with Gasteiger partial charge in [-0.15, -0.1) is 15.7 Å². The van der Waals surface area contributed by atoms with Gasteiger partial charge < -0.3 is 10.2 Å². The molecule has 1 aliphatic carbocycles. The van der Waals surface area contributed by atoms with Crippen LogP contribution in [0.2, 0.25) is 0 Å². The molecular weight excluding hydrogens is 444 g/mol. The smallest absolute Gasteiger partial charge is 0.285 e. The van der Waals surface area contributed by atoms with Gasteiger partial charge >= 0.3 is 0 Å². The Labute approximate surface area is 191 Å². The van der Waals surface area contributed by atoms with Crippen molar-refractivity contribution in [3.63, 3.8) is 0 Å².